The van der Waals surface area contributed by atoms with E-state index in [4.69, 9.17) is 22.9 Å². The topological polar surface area (TPSA) is 572 Å². The third-order valence-corrected chi connectivity index (χ3v) is 14.2. The number of carbonyl (C=O) groups excluding carboxylic acids is 14. The number of hydrogen-bond acceptors (Lipinski definition) is 19. The van der Waals surface area contributed by atoms with Gasteiger partial charge in [-0.15, -0.1) is 0 Å². The molecule has 0 aliphatic carbocycles. The molecule has 23 N–H and O–H groups in total. The Balaban J connectivity index is 1.66. The van der Waals surface area contributed by atoms with E-state index in [2.05, 4.69) is 63.5 Å². The molecule has 1 saturated heterocycles. The number of primary amides is 2. The van der Waals surface area contributed by atoms with Crippen molar-refractivity contribution in [2.24, 2.45) is 33.8 Å². The Bertz CT molecular complexity index is 3020. The summed E-state index contributed by atoms with van der Waals surface area (Å²) < 4.78 is 0. The fraction of sp³-hybridized carbons (Fsp3) is 0.534. The summed E-state index contributed by atoms with van der Waals surface area (Å²) in [5.41, 5.74) is 22.5. The summed E-state index contributed by atoms with van der Waals surface area (Å²) >= 11 is 0. The zero-order chi connectivity index (χ0) is 69.8. The van der Waals surface area contributed by atoms with Crippen molar-refractivity contribution < 1.29 is 87.5 Å². The molecule has 93 heavy (non-hydrogen) atoms. The Morgan fingerprint density at radius 2 is 0.968 bits per heavy atom. The van der Waals surface area contributed by atoms with Crippen LogP contribution in [0, 0.1) is 5.92 Å². The standard InChI is InChI=1S/C58H87N17O18/c1-28(2)21-38(68-32(6)78)53(89)72-40(23-34-13-17-36(80)18-14-34)55(91)70-37(9-7-19-63-58(61)62)51(87)66-31(5)49(85)71-41(24-45(59)81)52(88)67-29(3)48(84)65-30(4)50(86)74-43(27-77)57(93)75-20-8-10-44(75)56(92)64-25-46(82)69-39(22-33-11-15-35(79)16-12-33)54(90)73-42(26-76)47(60)83/h11-18,28-31,37-44,76-77,79-80H,7-10,19-27H2,1-6H3,(H2,59,81)(H2,60,83)(H,64,92)(H,65,84)(H,66,87)(H,67,88)(H,68,78)(H,69,82)(H,70,91)(H,71,85)(H,72,89)(H,73,90)(H,74,86)(H4,61,62,63)/t29-,30-,31-,37-,38-,39-,40-,41-,42?,43-,44-/m0/s1. The van der Waals surface area contributed by atoms with E-state index in [0.29, 0.717) is 11.1 Å². The Hall–Kier alpha value is -10.2. The highest BCUT2D eigenvalue weighted by molar-refractivity contribution is 6.00. The number of nitrogens with zero attached hydrogens (tertiary/aromatic N) is 2. The number of guanidine groups is 1. The molecule has 0 aromatic heterocycles. The van der Waals surface area contributed by atoms with Crippen LogP contribution >= 0.6 is 0 Å². The summed E-state index contributed by atoms with van der Waals surface area (Å²) in [6.45, 7) is 5.86. The van der Waals surface area contributed by atoms with Crippen molar-refractivity contribution in [1.29, 1.82) is 0 Å². The highest BCUT2D eigenvalue weighted by atomic mass is 16.3. The van der Waals surface area contributed by atoms with E-state index in [1.165, 1.54) is 76.2 Å². The molecule has 0 bridgehead atoms. The zero-order valence-corrected chi connectivity index (χ0v) is 52.4. The molecule has 35 nitrogen and oxygen atoms in total. The normalized spacial score (nSPS) is 15.8. The lowest BCUT2D eigenvalue weighted by Gasteiger charge is -2.29. The molecular weight excluding hydrogens is 1220 g/mol. The molecule has 1 fully saturated rings. The lowest BCUT2D eigenvalue weighted by molar-refractivity contribution is -0.143. The molecule has 1 heterocycles. The molecule has 14 amide bonds. The van der Waals surface area contributed by atoms with Crippen LogP contribution in [0.5, 0.6) is 11.5 Å². The van der Waals surface area contributed by atoms with Gasteiger partial charge in [-0.3, -0.25) is 72.1 Å². The predicted molar refractivity (Wildman–Crippen MR) is 330 cm³/mol. The molecule has 1 aliphatic heterocycles. The summed E-state index contributed by atoms with van der Waals surface area (Å²) in [5, 5.41) is 65.8. The highest BCUT2D eigenvalue weighted by Crippen LogP contribution is 2.20. The number of likely N-dealkylation sites (tertiary alicyclic amines) is 1. The number of phenolic OH excluding ortho intramolecular Hbond substituents is 2. The van der Waals surface area contributed by atoms with Gasteiger partial charge in [0.2, 0.25) is 82.7 Å². The van der Waals surface area contributed by atoms with Gasteiger partial charge in [0.25, 0.3) is 0 Å². The molecular formula is C58H87N17O18. The third-order valence-electron chi connectivity index (χ3n) is 14.2. The van der Waals surface area contributed by atoms with Crippen LogP contribution in [0.25, 0.3) is 0 Å². The largest absolute Gasteiger partial charge is 0.508 e. The minimum absolute atomic E-state index is 0.00784. The third kappa shape index (κ3) is 26.7. The van der Waals surface area contributed by atoms with Crippen molar-refractivity contribution in [2.75, 3.05) is 32.8 Å². The minimum Gasteiger partial charge on any atom is -0.508 e. The van der Waals surface area contributed by atoms with E-state index in [1.54, 1.807) is 0 Å². The fourth-order valence-corrected chi connectivity index (χ4v) is 9.28. The van der Waals surface area contributed by atoms with Gasteiger partial charge in [0, 0.05) is 32.9 Å². The van der Waals surface area contributed by atoms with Crippen molar-refractivity contribution in [1.82, 2.24) is 63.4 Å². The Morgan fingerprint density at radius 3 is 1.44 bits per heavy atom. The molecule has 0 radical (unpaired) electrons. The Kier molecular flexibility index (Phi) is 31.4. The van der Waals surface area contributed by atoms with Gasteiger partial charge in [-0.05, 0) is 94.2 Å². The number of hydrogen-bond donors (Lipinski definition) is 19. The summed E-state index contributed by atoms with van der Waals surface area (Å²) in [7, 11) is 0. The van der Waals surface area contributed by atoms with E-state index >= 15 is 0 Å². The lowest BCUT2D eigenvalue weighted by atomic mass is 10.0. The lowest BCUT2D eigenvalue weighted by Crippen LogP contribution is -2.60. The number of amides is 14. The molecule has 0 spiro atoms. The molecule has 2 aromatic carbocycles. The number of nitrogens with one attached hydrogen (secondary N) is 11. The zero-order valence-electron chi connectivity index (χ0n) is 52.4. The highest BCUT2D eigenvalue weighted by Gasteiger charge is 2.39. The van der Waals surface area contributed by atoms with E-state index in [-0.39, 0.29) is 81.4 Å². The van der Waals surface area contributed by atoms with Gasteiger partial charge in [-0.25, -0.2) is 0 Å². The Morgan fingerprint density at radius 1 is 0.538 bits per heavy atom. The molecule has 11 atom stereocenters. The second-order valence-corrected chi connectivity index (χ2v) is 22.5. The van der Waals surface area contributed by atoms with E-state index in [1.807, 2.05) is 13.8 Å². The van der Waals surface area contributed by atoms with Crippen LogP contribution in [0.3, 0.4) is 0 Å². The molecule has 1 unspecified atom stereocenters. The van der Waals surface area contributed by atoms with Crippen LogP contribution in [0.2, 0.25) is 0 Å². The molecule has 2 aromatic rings. The number of aliphatic hydroxyl groups excluding tert-OH is 2. The fourth-order valence-electron chi connectivity index (χ4n) is 9.28. The second-order valence-electron chi connectivity index (χ2n) is 22.5. The van der Waals surface area contributed by atoms with Gasteiger partial charge in [0.1, 0.15) is 78.0 Å². The van der Waals surface area contributed by atoms with E-state index in [9.17, 15) is 87.5 Å². The van der Waals surface area contributed by atoms with Crippen LogP contribution in [-0.2, 0) is 80.0 Å². The quantitative estimate of drug-likeness (QED) is 0.0170. The van der Waals surface area contributed by atoms with E-state index in [0.717, 1.165) is 4.90 Å². The monoisotopic (exact) mass is 1310 g/mol. The number of rotatable bonds is 37. The van der Waals surface area contributed by atoms with Crippen molar-refractivity contribution in [3.8, 4) is 11.5 Å². The minimum atomic E-state index is -1.77. The summed E-state index contributed by atoms with van der Waals surface area (Å²) in [6.07, 6.45) is -0.626. The number of nitrogens with two attached hydrogens (primary N) is 4. The van der Waals surface area contributed by atoms with E-state index < -0.39 is 175 Å². The van der Waals surface area contributed by atoms with Crippen LogP contribution < -0.4 is 81.4 Å². The average molecular weight is 1310 g/mol. The van der Waals surface area contributed by atoms with Crippen molar-refractivity contribution in [3.63, 3.8) is 0 Å². The van der Waals surface area contributed by atoms with Gasteiger partial charge in [-0.1, -0.05) is 38.1 Å². The summed E-state index contributed by atoms with van der Waals surface area (Å²) in [5.74, 6) is -13.4. The van der Waals surface area contributed by atoms with Gasteiger partial charge in [0.05, 0.1) is 26.2 Å². The number of phenols is 2. The second kappa shape index (κ2) is 37.8. The number of carbonyl (C=O) groups is 14. The smallest absolute Gasteiger partial charge is 0.248 e. The van der Waals surface area contributed by atoms with Crippen LogP contribution in [0.1, 0.15) is 91.2 Å². The Labute approximate surface area is 535 Å². The predicted octanol–water partition coefficient (Wildman–Crippen LogP) is -7.64. The number of aliphatic hydroxyl groups is 2. The first-order valence-electron chi connectivity index (χ1n) is 29.7. The molecule has 0 saturated carbocycles. The van der Waals surface area contributed by atoms with Gasteiger partial charge in [-0.2, -0.15) is 0 Å². The van der Waals surface area contributed by atoms with Crippen molar-refractivity contribution in [3.05, 3.63) is 59.7 Å². The van der Waals surface area contributed by atoms with Crippen molar-refractivity contribution in [2.45, 2.75) is 159 Å². The number of aliphatic imine (C=N–C) groups is 1. The molecule has 1 aliphatic rings. The summed E-state index contributed by atoms with van der Waals surface area (Å²) in [6, 6.07) is -4.53. The van der Waals surface area contributed by atoms with Gasteiger partial charge < -0.3 is 107 Å². The van der Waals surface area contributed by atoms with Crippen molar-refractivity contribution >= 4 is 88.7 Å². The SMILES string of the molecule is CC(=O)N[C@@H](CC(C)C)C(=O)N[C@@H](Cc1ccc(O)cc1)C(=O)N[C@@H](CCCN=C(N)N)C(=O)N[C@@H](C)C(=O)N[C@@H](CC(N)=O)C(=O)N[C@@H](C)C(=O)N[C@@H](C)C(=O)N[C@@H](CO)C(=O)N1CCC[C@H]1C(=O)NCC(=O)N[C@@H](Cc1ccc(O)cc1)C(=O)NC(CO)C(N)=O. The van der Waals surface area contributed by atoms with Gasteiger partial charge in [0.15, 0.2) is 5.96 Å². The first-order chi connectivity index (χ1) is 43.7. The summed E-state index contributed by atoms with van der Waals surface area (Å²) in [4.78, 5) is 190. The average Bonchev–Trinajstić information content (AvgIpc) is 1.82. The maximum Gasteiger partial charge on any atom is 0.248 e. The van der Waals surface area contributed by atoms with Crippen LogP contribution in [-0.4, -0.2) is 213 Å². The molecule has 3 rings (SSSR count). The number of aromatic hydroxyl groups is 2. The first kappa shape index (κ1) is 77.1. The van der Waals surface area contributed by atoms with Crippen LogP contribution in [0.15, 0.2) is 53.5 Å². The number of benzene rings is 2. The molecule has 512 valence electrons. The molecule has 35 heteroatoms. The maximum atomic E-state index is 14.1. The van der Waals surface area contributed by atoms with Crippen LogP contribution in [0.4, 0.5) is 0 Å². The maximum absolute atomic E-state index is 14.1. The first-order valence-corrected chi connectivity index (χ1v) is 29.7. The van der Waals surface area contributed by atoms with Gasteiger partial charge >= 0.3 is 0 Å².